The Kier molecular flexibility index (Phi) is 10.0. The second-order valence-corrected chi connectivity index (χ2v) is 8.92. The van der Waals surface area contributed by atoms with Gasteiger partial charge >= 0.3 is 5.97 Å². The number of hydrogen-bond acceptors (Lipinski definition) is 6. The molecule has 1 aliphatic rings. The van der Waals surface area contributed by atoms with Gasteiger partial charge in [-0.05, 0) is 31.2 Å². The molecule has 3 amide bonds. The van der Waals surface area contributed by atoms with Gasteiger partial charge in [-0.3, -0.25) is 14.4 Å². The molecule has 188 valence electrons. The minimum Gasteiger partial charge on any atom is -0.480 e. The Morgan fingerprint density at radius 3 is 2.32 bits per heavy atom. The van der Waals surface area contributed by atoms with Gasteiger partial charge in [0.2, 0.25) is 17.7 Å². The fraction of sp³-hybridized carbons (Fsp3) is 0.583. The highest BCUT2D eigenvalue weighted by Crippen LogP contribution is 2.20. The Hall–Kier alpha value is -2.98. The standard InChI is InChI=1S/C24H36N4O6/c1-4-14(2)19(25)21(30)27-20(15(3)29)22(31)26-17(13-16-9-6-5-7-10-16)23(32)28-12-8-11-18(28)24(33)34/h5-7,9-10,14-15,17-20,29H,4,8,11-13,25H2,1-3H3,(H,26,31)(H,27,30)(H,33,34). The van der Waals surface area contributed by atoms with Crippen molar-refractivity contribution in [3.8, 4) is 0 Å². The number of likely N-dealkylation sites (tertiary alicyclic amines) is 1. The SMILES string of the molecule is CCC(C)C(N)C(=O)NC(C(=O)NC(Cc1ccccc1)C(=O)N1CCCC1C(=O)O)C(C)O. The molecule has 2 rings (SSSR count). The van der Waals surface area contributed by atoms with Gasteiger partial charge in [-0.1, -0.05) is 50.6 Å². The Labute approximate surface area is 199 Å². The van der Waals surface area contributed by atoms with Gasteiger partial charge in [0.05, 0.1) is 12.1 Å². The number of nitrogens with one attached hydrogen (secondary N) is 2. The van der Waals surface area contributed by atoms with Crippen LogP contribution in [0.2, 0.25) is 0 Å². The maximum atomic E-state index is 13.3. The molecule has 10 nitrogen and oxygen atoms in total. The normalized spacial score (nSPS) is 20.0. The lowest BCUT2D eigenvalue weighted by atomic mass is 9.98. The molecule has 0 aromatic heterocycles. The summed E-state index contributed by atoms with van der Waals surface area (Å²) in [5.41, 5.74) is 6.72. The highest BCUT2D eigenvalue weighted by molar-refractivity contribution is 5.94. The zero-order valence-electron chi connectivity index (χ0n) is 19.9. The van der Waals surface area contributed by atoms with Gasteiger partial charge in [-0.15, -0.1) is 0 Å². The summed E-state index contributed by atoms with van der Waals surface area (Å²) >= 11 is 0. The monoisotopic (exact) mass is 476 g/mol. The summed E-state index contributed by atoms with van der Waals surface area (Å²) in [6.07, 6.45) is 0.427. The van der Waals surface area contributed by atoms with Crippen molar-refractivity contribution < 1.29 is 29.4 Å². The molecule has 1 saturated heterocycles. The molecule has 6 N–H and O–H groups in total. The summed E-state index contributed by atoms with van der Waals surface area (Å²) in [6.45, 7) is 5.33. The number of aliphatic hydroxyl groups is 1. The molecular formula is C24H36N4O6. The third kappa shape index (κ3) is 7.01. The van der Waals surface area contributed by atoms with Crippen LogP contribution in [0.25, 0.3) is 0 Å². The summed E-state index contributed by atoms with van der Waals surface area (Å²) in [5, 5.41) is 24.8. The van der Waals surface area contributed by atoms with Crippen LogP contribution in [0.5, 0.6) is 0 Å². The zero-order valence-corrected chi connectivity index (χ0v) is 19.9. The summed E-state index contributed by atoms with van der Waals surface area (Å²) in [5.74, 6) is -3.07. The highest BCUT2D eigenvalue weighted by Gasteiger charge is 2.39. The number of nitrogens with two attached hydrogens (primary N) is 1. The molecule has 6 unspecified atom stereocenters. The van der Waals surface area contributed by atoms with E-state index in [-0.39, 0.29) is 18.9 Å². The van der Waals surface area contributed by atoms with Crippen molar-refractivity contribution in [1.82, 2.24) is 15.5 Å². The number of carboxylic acid groups (broad SMARTS) is 1. The minimum atomic E-state index is -1.33. The van der Waals surface area contributed by atoms with Gasteiger partial charge in [-0.2, -0.15) is 0 Å². The number of benzene rings is 1. The summed E-state index contributed by atoms with van der Waals surface area (Å²) in [4.78, 5) is 51.8. The zero-order chi connectivity index (χ0) is 25.4. The van der Waals surface area contributed by atoms with Crippen molar-refractivity contribution >= 4 is 23.7 Å². The summed E-state index contributed by atoms with van der Waals surface area (Å²) in [6, 6.07) is 4.78. The fourth-order valence-corrected chi connectivity index (χ4v) is 3.97. The van der Waals surface area contributed by atoms with Gasteiger partial charge < -0.3 is 31.5 Å². The van der Waals surface area contributed by atoms with E-state index >= 15 is 0 Å². The maximum Gasteiger partial charge on any atom is 0.326 e. The number of carbonyl (C=O) groups is 4. The van der Waals surface area contributed by atoms with Crippen LogP contribution < -0.4 is 16.4 Å². The number of carboxylic acids is 1. The molecule has 0 bridgehead atoms. The van der Waals surface area contributed by atoms with E-state index in [1.807, 2.05) is 19.9 Å². The topological polar surface area (TPSA) is 162 Å². The summed E-state index contributed by atoms with van der Waals surface area (Å²) in [7, 11) is 0. The fourth-order valence-electron chi connectivity index (χ4n) is 3.97. The molecule has 1 heterocycles. The van der Waals surface area contributed by atoms with Gasteiger partial charge in [0, 0.05) is 13.0 Å². The molecule has 6 atom stereocenters. The molecule has 0 aliphatic carbocycles. The predicted octanol–water partition coefficient (Wildman–Crippen LogP) is 0.0285. The lowest BCUT2D eigenvalue weighted by Gasteiger charge is -2.30. The minimum absolute atomic E-state index is 0.126. The van der Waals surface area contributed by atoms with Crippen molar-refractivity contribution in [3.05, 3.63) is 35.9 Å². The van der Waals surface area contributed by atoms with Crippen LogP contribution in [0.3, 0.4) is 0 Å². The molecule has 1 aliphatic heterocycles. The van der Waals surface area contributed by atoms with Gasteiger partial charge in [0.15, 0.2) is 0 Å². The van der Waals surface area contributed by atoms with Crippen LogP contribution in [-0.2, 0) is 25.6 Å². The maximum absolute atomic E-state index is 13.3. The quantitative estimate of drug-likeness (QED) is 0.301. The van der Waals surface area contributed by atoms with Crippen LogP contribution in [0.4, 0.5) is 0 Å². The van der Waals surface area contributed by atoms with E-state index in [1.54, 1.807) is 24.3 Å². The highest BCUT2D eigenvalue weighted by atomic mass is 16.4. The largest absolute Gasteiger partial charge is 0.480 e. The molecule has 10 heteroatoms. The van der Waals surface area contributed by atoms with Gasteiger partial charge in [0.1, 0.15) is 18.1 Å². The van der Waals surface area contributed by atoms with Crippen molar-refractivity contribution in [2.75, 3.05) is 6.54 Å². The predicted molar refractivity (Wildman–Crippen MR) is 125 cm³/mol. The van der Waals surface area contributed by atoms with E-state index in [0.29, 0.717) is 19.3 Å². The smallest absolute Gasteiger partial charge is 0.326 e. The second kappa shape index (κ2) is 12.5. The van der Waals surface area contributed by atoms with Gasteiger partial charge in [0.25, 0.3) is 0 Å². The first-order chi connectivity index (χ1) is 16.1. The molecule has 1 fully saturated rings. The third-order valence-electron chi connectivity index (χ3n) is 6.34. The van der Waals surface area contributed by atoms with Crippen LogP contribution in [0.15, 0.2) is 30.3 Å². The van der Waals surface area contributed by atoms with Crippen molar-refractivity contribution in [2.45, 2.75) is 76.7 Å². The number of rotatable bonds is 11. The van der Waals surface area contributed by atoms with Crippen molar-refractivity contribution in [1.29, 1.82) is 0 Å². The molecular weight excluding hydrogens is 440 g/mol. The number of hydrogen-bond donors (Lipinski definition) is 5. The molecule has 34 heavy (non-hydrogen) atoms. The van der Waals surface area contributed by atoms with Crippen LogP contribution >= 0.6 is 0 Å². The number of amides is 3. The lowest BCUT2D eigenvalue weighted by Crippen LogP contribution is -2.60. The first kappa shape index (κ1) is 27.3. The number of carbonyl (C=O) groups excluding carboxylic acids is 3. The van der Waals surface area contributed by atoms with E-state index in [0.717, 1.165) is 5.56 Å². The molecule has 0 spiro atoms. The first-order valence-corrected chi connectivity index (χ1v) is 11.7. The Balaban J connectivity index is 2.23. The van der Waals surface area contributed by atoms with Crippen molar-refractivity contribution in [2.24, 2.45) is 11.7 Å². The molecule has 0 saturated carbocycles. The van der Waals surface area contributed by atoms with E-state index in [2.05, 4.69) is 10.6 Å². The Morgan fingerprint density at radius 1 is 1.12 bits per heavy atom. The molecule has 0 radical (unpaired) electrons. The molecule has 1 aromatic carbocycles. The van der Waals surface area contributed by atoms with Gasteiger partial charge in [-0.25, -0.2) is 4.79 Å². The van der Waals surface area contributed by atoms with Crippen molar-refractivity contribution in [3.63, 3.8) is 0 Å². The Morgan fingerprint density at radius 2 is 1.76 bits per heavy atom. The average molecular weight is 477 g/mol. The van der Waals surface area contributed by atoms with E-state index in [4.69, 9.17) is 5.73 Å². The number of aliphatic hydroxyl groups excluding tert-OH is 1. The van der Waals surface area contributed by atoms with Crippen LogP contribution in [-0.4, -0.2) is 75.6 Å². The number of aliphatic carboxylic acids is 1. The second-order valence-electron chi connectivity index (χ2n) is 8.92. The lowest BCUT2D eigenvalue weighted by molar-refractivity contribution is -0.149. The van der Waals surface area contributed by atoms with Crippen LogP contribution in [0.1, 0.15) is 45.6 Å². The van der Waals surface area contributed by atoms with E-state index in [1.165, 1.54) is 11.8 Å². The Bertz CT molecular complexity index is 862. The average Bonchev–Trinajstić information content (AvgIpc) is 3.31. The number of nitrogens with zero attached hydrogens (tertiary/aromatic N) is 1. The third-order valence-corrected chi connectivity index (χ3v) is 6.34. The summed E-state index contributed by atoms with van der Waals surface area (Å²) < 4.78 is 0. The van der Waals surface area contributed by atoms with E-state index < -0.39 is 54.0 Å². The van der Waals surface area contributed by atoms with Crippen LogP contribution in [0, 0.1) is 5.92 Å². The molecule has 1 aromatic rings. The first-order valence-electron chi connectivity index (χ1n) is 11.7. The van der Waals surface area contributed by atoms with E-state index in [9.17, 15) is 29.4 Å².